The van der Waals surface area contributed by atoms with Crippen molar-refractivity contribution in [1.82, 2.24) is 4.90 Å². The topological polar surface area (TPSA) is 85.0 Å². The fourth-order valence-corrected chi connectivity index (χ4v) is 4.88. The molecule has 0 aliphatic heterocycles. The molecule has 33 heavy (non-hydrogen) atoms. The first-order valence-corrected chi connectivity index (χ1v) is 12.5. The molecule has 0 spiro atoms. The van der Waals surface area contributed by atoms with Crippen molar-refractivity contribution in [3.63, 3.8) is 0 Å². The summed E-state index contributed by atoms with van der Waals surface area (Å²) in [5, 5.41) is 5.96. The van der Waals surface area contributed by atoms with Gasteiger partial charge in [-0.3, -0.25) is 4.79 Å². The molecular weight excluding hydrogens is 448 g/mol. The Balaban J connectivity index is 1.91. The number of halogens is 2. The quantitative estimate of drug-likeness (QED) is 0.559. The molecule has 2 aromatic carbocycles. The van der Waals surface area contributed by atoms with Gasteiger partial charge in [0.1, 0.15) is 15.7 Å². The summed E-state index contributed by atoms with van der Waals surface area (Å²) in [7, 11) is 0.480. The minimum absolute atomic E-state index is 0.0296. The number of nitrogens with two attached hydrogens (primary N) is 1. The SMILES string of the molecule is CC(C)c1cc(OC(F)F)cc(C2CC2)c1CC(=O)N=S(N)(=O)c1ccc(CN(C)C)cc1. The minimum atomic E-state index is -3.41. The summed E-state index contributed by atoms with van der Waals surface area (Å²) in [6, 6.07) is 10.0. The van der Waals surface area contributed by atoms with Crippen molar-refractivity contribution < 1.29 is 22.5 Å². The summed E-state index contributed by atoms with van der Waals surface area (Å²) < 4.78 is 47.1. The lowest BCUT2D eigenvalue weighted by Crippen LogP contribution is -2.17. The predicted octanol–water partition coefficient (Wildman–Crippen LogP) is 4.82. The molecule has 9 heteroatoms. The summed E-state index contributed by atoms with van der Waals surface area (Å²) in [6.07, 6.45) is 1.74. The van der Waals surface area contributed by atoms with Crippen molar-refractivity contribution in [3.05, 3.63) is 58.7 Å². The number of hydrogen-bond donors (Lipinski definition) is 1. The van der Waals surface area contributed by atoms with E-state index in [0.717, 1.165) is 41.6 Å². The van der Waals surface area contributed by atoms with E-state index in [9.17, 15) is 17.8 Å². The highest BCUT2D eigenvalue weighted by Gasteiger charge is 2.30. The van der Waals surface area contributed by atoms with Crippen LogP contribution in [-0.4, -0.2) is 35.7 Å². The zero-order valence-corrected chi connectivity index (χ0v) is 20.2. The Bertz CT molecular complexity index is 1100. The molecule has 1 unspecified atom stereocenters. The van der Waals surface area contributed by atoms with Gasteiger partial charge in [0.15, 0.2) is 0 Å². The molecular formula is C24H31F2N3O3S. The lowest BCUT2D eigenvalue weighted by Gasteiger charge is -2.19. The van der Waals surface area contributed by atoms with Crippen LogP contribution in [0.15, 0.2) is 45.7 Å². The first-order valence-electron chi connectivity index (χ1n) is 10.9. The van der Waals surface area contributed by atoms with E-state index in [4.69, 9.17) is 5.14 Å². The van der Waals surface area contributed by atoms with Gasteiger partial charge in [0.25, 0.3) is 5.91 Å². The zero-order valence-electron chi connectivity index (χ0n) is 19.4. The molecule has 1 aliphatic carbocycles. The van der Waals surface area contributed by atoms with Crippen LogP contribution in [0, 0.1) is 0 Å². The van der Waals surface area contributed by atoms with Gasteiger partial charge in [0.2, 0.25) is 0 Å². The second-order valence-electron chi connectivity index (χ2n) is 9.00. The van der Waals surface area contributed by atoms with E-state index in [0.29, 0.717) is 0 Å². The van der Waals surface area contributed by atoms with Crippen LogP contribution in [0.4, 0.5) is 8.78 Å². The monoisotopic (exact) mass is 479 g/mol. The highest BCUT2D eigenvalue weighted by molar-refractivity contribution is 7.91. The molecule has 1 aliphatic rings. The van der Waals surface area contributed by atoms with Crippen LogP contribution in [0.3, 0.4) is 0 Å². The fraction of sp³-hybridized carbons (Fsp3) is 0.458. The van der Waals surface area contributed by atoms with Gasteiger partial charge in [-0.2, -0.15) is 8.78 Å². The van der Waals surface area contributed by atoms with E-state index in [2.05, 4.69) is 9.10 Å². The molecule has 1 atom stereocenters. The molecule has 3 rings (SSSR count). The summed E-state index contributed by atoms with van der Waals surface area (Å²) in [4.78, 5) is 15.1. The Kier molecular flexibility index (Phi) is 7.87. The maximum atomic E-state index is 13.0. The van der Waals surface area contributed by atoms with Crippen LogP contribution in [0.1, 0.15) is 60.8 Å². The number of hydrogen-bond acceptors (Lipinski definition) is 4. The molecule has 180 valence electrons. The molecule has 0 bridgehead atoms. The summed E-state index contributed by atoms with van der Waals surface area (Å²) in [5.41, 5.74) is 3.32. The molecule has 2 aromatic rings. The molecule has 0 aromatic heterocycles. The molecule has 0 saturated heterocycles. The van der Waals surface area contributed by atoms with E-state index in [1.54, 1.807) is 24.3 Å². The number of nitrogens with zero attached hydrogens (tertiary/aromatic N) is 2. The molecule has 0 heterocycles. The number of benzene rings is 2. The number of amides is 1. The van der Waals surface area contributed by atoms with E-state index in [1.165, 1.54) is 0 Å². The lowest BCUT2D eigenvalue weighted by molar-refractivity contribution is -0.117. The average molecular weight is 480 g/mol. The zero-order chi connectivity index (χ0) is 24.3. The van der Waals surface area contributed by atoms with Crippen LogP contribution >= 0.6 is 0 Å². The van der Waals surface area contributed by atoms with Crippen molar-refractivity contribution in [3.8, 4) is 5.75 Å². The molecule has 6 nitrogen and oxygen atoms in total. The van der Waals surface area contributed by atoms with Crippen LogP contribution in [0.2, 0.25) is 0 Å². The Morgan fingerprint density at radius 3 is 2.36 bits per heavy atom. The van der Waals surface area contributed by atoms with Crippen LogP contribution in [0.25, 0.3) is 0 Å². The molecule has 0 radical (unpaired) electrons. The molecule has 1 amide bonds. The first-order chi connectivity index (χ1) is 15.5. The summed E-state index contributed by atoms with van der Waals surface area (Å²) >= 11 is 0. The van der Waals surface area contributed by atoms with Crippen molar-refractivity contribution in [2.24, 2.45) is 9.50 Å². The Morgan fingerprint density at radius 2 is 1.85 bits per heavy atom. The standard InChI is InChI=1S/C24H31F2N3O3S/c1-15(2)20-11-18(32-24(25)26)12-21(17-7-8-17)22(20)13-23(30)28-33(27,31)19-9-5-16(6-10-19)14-29(3)4/h5-6,9-12,15,17,24H,7-8,13-14H2,1-4H3,(H2,27,28,30,31). The third kappa shape index (κ3) is 6.82. The highest BCUT2D eigenvalue weighted by Crippen LogP contribution is 2.45. The van der Waals surface area contributed by atoms with Crippen molar-refractivity contribution in [2.45, 2.75) is 63.0 Å². The fourth-order valence-electron chi connectivity index (χ4n) is 3.88. The maximum absolute atomic E-state index is 13.0. The van der Waals surface area contributed by atoms with Crippen molar-refractivity contribution in [2.75, 3.05) is 14.1 Å². The molecule has 2 N–H and O–H groups in total. The minimum Gasteiger partial charge on any atom is -0.435 e. The van der Waals surface area contributed by atoms with Gasteiger partial charge in [-0.25, -0.2) is 9.35 Å². The Morgan fingerprint density at radius 1 is 1.21 bits per heavy atom. The number of rotatable bonds is 9. The number of ether oxygens (including phenoxy) is 1. The smallest absolute Gasteiger partial charge is 0.387 e. The van der Waals surface area contributed by atoms with Gasteiger partial charge in [-0.15, -0.1) is 4.36 Å². The summed E-state index contributed by atoms with van der Waals surface area (Å²) in [6.45, 7) is 1.63. The molecule has 1 saturated carbocycles. The lowest BCUT2D eigenvalue weighted by atomic mass is 9.89. The van der Waals surface area contributed by atoms with Crippen LogP contribution in [0.5, 0.6) is 5.75 Å². The summed E-state index contributed by atoms with van der Waals surface area (Å²) in [5.74, 6) is -0.355. The highest BCUT2D eigenvalue weighted by atomic mass is 32.2. The van der Waals surface area contributed by atoms with E-state index >= 15 is 0 Å². The average Bonchev–Trinajstić information content (AvgIpc) is 3.53. The second-order valence-corrected chi connectivity index (χ2v) is 10.8. The molecule has 1 fully saturated rings. The van der Waals surface area contributed by atoms with E-state index in [1.807, 2.05) is 45.0 Å². The van der Waals surface area contributed by atoms with Crippen molar-refractivity contribution in [1.29, 1.82) is 0 Å². The normalized spacial score (nSPS) is 15.7. The number of alkyl halides is 2. The van der Waals surface area contributed by atoms with Gasteiger partial charge < -0.3 is 9.64 Å². The van der Waals surface area contributed by atoms with Gasteiger partial charge >= 0.3 is 6.61 Å². The maximum Gasteiger partial charge on any atom is 0.387 e. The van der Waals surface area contributed by atoms with E-state index < -0.39 is 22.4 Å². The Labute approximate surface area is 194 Å². The predicted molar refractivity (Wildman–Crippen MR) is 125 cm³/mol. The van der Waals surface area contributed by atoms with Crippen LogP contribution in [-0.2, 0) is 27.7 Å². The van der Waals surface area contributed by atoms with Gasteiger partial charge in [-0.1, -0.05) is 26.0 Å². The third-order valence-corrected chi connectivity index (χ3v) is 6.90. The second kappa shape index (κ2) is 10.3. The van der Waals surface area contributed by atoms with E-state index in [-0.39, 0.29) is 28.9 Å². The van der Waals surface area contributed by atoms with Crippen LogP contribution < -0.4 is 9.88 Å². The first kappa shape index (κ1) is 25.3. The largest absolute Gasteiger partial charge is 0.435 e. The number of carbonyl (C=O) groups is 1. The van der Waals surface area contributed by atoms with Gasteiger partial charge in [0, 0.05) is 6.54 Å². The Hall–Kier alpha value is -2.36. The van der Waals surface area contributed by atoms with Gasteiger partial charge in [-0.05, 0) is 85.3 Å². The van der Waals surface area contributed by atoms with Crippen molar-refractivity contribution >= 4 is 15.8 Å². The third-order valence-electron chi connectivity index (χ3n) is 5.48. The van der Waals surface area contributed by atoms with Gasteiger partial charge in [0.05, 0.1) is 11.3 Å². The number of carbonyl (C=O) groups excluding carboxylic acids is 1.